The molecule has 2 saturated heterocycles. The molecule has 174 valence electrons. The zero-order chi connectivity index (χ0) is 23.3. The number of urea groups is 1. The fourth-order valence-electron chi connectivity index (χ4n) is 5.00. The second-order valence-corrected chi connectivity index (χ2v) is 11.1. The van der Waals surface area contributed by atoms with E-state index in [9.17, 15) is 31.6 Å². The van der Waals surface area contributed by atoms with Crippen molar-refractivity contribution in [3.63, 3.8) is 0 Å². The SMILES string of the molecule is C[C@]1(c2cc(F)ccc2F)NC(=O)N(CC(=O)N(C2CCCC2)[C@H]2CCS(=O)(=O)C2)C1=O. The minimum Gasteiger partial charge on any atom is -0.334 e. The van der Waals surface area contributed by atoms with E-state index in [2.05, 4.69) is 5.32 Å². The summed E-state index contributed by atoms with van der Waals surface area (Å²) in [5, 5.41) is 2.38. The molecule has 3 aliphatic rings. The molecule has 4 rings (SSSR count). The highest BCUT2D eigenvalue weighted by molar-refractivity contribution is 7.91. The Hall–Kier alpha value is -2.56. The van der Waals surface area contributed by atoms with Crippen LogP contribution in [0.3, 0.4) is 0 Å². The Kier molecular flexibility index (Phi) is 5.72. The molecule has 1 aromatic rings. The van der Waals surface area contributed by atoms with Crippen molar-refractivity contribution in [3.05, 3.63) is 35.4 Å². The normalized spacial score (nSPS) is 27.7. The Morgan fingerprint density at radius 3 is 2.50 bits per heavy atom. The average molecular weight is 470 g/mol. The van der Waals surface area contributed by atoms with Crippen LogP contribution in [-0.2, 0) is 25.0 Å². The minimum absolute atomic E-state index is 0.00574. The molecular weight excluding hydrogens is 444 g/mol. The van der Waals surface area contributed by atoms with Gasteiger partial charge in [-0.05, 0) is 44.4 Å². The van der Waals surface area contributed by atoms with E-state index in [4.69, 9.17) is 0 Å². The van der Waals surface area contributed by atoms with Crippen LogP contribution in [0.1, 0.15) is 44.6 Å². The first-order valence-electron chi connectivity index (χ1n) is 10.6. The van der Waals surface area contributed by atoms with Gasteiger partial charge < -0.3 is 10.2 Å². The Bertz CT molecular complexity index is 1070. The van der Waals surface area contributed by atoms with Crippen LogP contribution in [0, 0.1) is 11.6 Å². The smallest absolute Gasteiger partial charge is 0.325 e. The molecule has 1 N–H and O–H groups in total. The number of nitrogens with one attached hydrogen (secondary N) is 1. The number of sulfone groups is 1. The van der Waals surface area contributed by atoms with Gasteiger partial charge in [0.15, 0.2) is 9.84 Å². The van der Waals surface area contributed by atoms with Gasteiger partial charge in [-0.15, -0.1) is 0 Å². The van der Waals surface area contributed by atoms with Gasteiger partial charge in [-0.1, -0.05) is 12.8 Å². The average Bonchev–Trinajstić information content (AvgIpc) is 3.41. The molecule has 32 heavy (non-hydrogen) atoms. The number of halogens is 2. The fourth-order valence-corrected chi connectivity index (χ4v) is 6.71. The first-order valence-corrected chi connectivity index (χ1v) is 12.5. The van der Waals surface area contributed by atoms with Crippen molar-refractivity contribution in [1.82, 2.24) is 15.1 Å². The molecule has 2 aliphatic heterocycles. The monoisotopic (exact) mass is 469 g/mol. The molecule has 2 heterocycles. The number of imide groups is 1. The molecule has 0 bridgehead atoms. The van der Waals surface area contributed by atoms with E-state index in [0.29, 0.717) is 11.3 Å². The largest absolute Gasteiger partial charge is 0.334 e. The van der Waals surface area contributed by atoms with E-state index < -0.39 is 57.4 Å². The Balaban J connectivity index is 1.58. The summed E-state index contributed by atoms with van der Waals surface area (Å²) in [7, 11) is -3.25. The molecule has 1 saturated carbocycles. The third kappa shape index (κ3) is 3.98. The summed E-state index contributed by atoms with van der Waals surface area (Å²) < 4.78 is 52.0. The summed E-state index contributed by atoms with van der Waals surface area (Å²) in [5.74, 6) is -3.17. The number of rotatable bonds is 5. The zero-order valence-electron chi connectivity index (χ0n) is 17.6. The van der Waals surface area contributed by atoms with Gasteiger partial charge in [-0.3, -0.25) is 14.5 Å². The van der Waals surface area contributed by atoms with Crippen molar-refractivity contribution in [2.75, 3.05) is 18.1 Å². The molecular formula is C21H25F2N3O5S. The Morgan fingerprint density at radius 2 is 1.88 bits per heavy atom. The van der Waals surface area contributed by atoms with Gasteiger partial charge in [0.05, 0.1) is 11.5 Å². The Morgan fingerprint density at radius 1 is 1.19 bits per heavy atom. The molecule has 0 unspecified atom stereocenters. The van der Waals surface area contributed by atoms with Gasteiger partial charge in [0, 0.05) is 17.6 Å². The molecule has 1 aliphatic carbocycles. The fraction of sp³-hybridized carbons (Fsp3) is 0.571. The number of amides is 4. The molecule has 0 aromatic heterocycles. The first-order chi connectivity index (χ1) is 15.0. The summed E-state index contributed by atoms with van der Waals surface area (Å²) in [6.07, 6.45) is 3.60. The lowest BCUT2D eigenvalue weighted by molar-refractivity contribution is -0.141. The highest BCUT2D eigenvalue weighted by atomic mass is 32.2. The van der Waals surface area contributed by atoms with Gasteiger partial charge in [-0.2, -0.15) is 0 Å². The van der Waals surface area contributed by atoms with Crippen LogP contribution in [0.2, 0.25) is 0 Å². The summed E-state index contributed by atoms with van der Waals surface area (Å²) in [5.41, 5.74) is -2.20. The van der Waals surface area contributed by atoms with E-state index in [-0.39, 0.29) is 23.1 Å². The van der Waals surface area contributed by atoms with Crippen LogP contribution in [0.5, 0.6) is 0 Å². The standard InChI is InChI=1S/C21H25F2N3O5S/c1-21(16-10-13(22)6-7-17(16)23)19(28)25(20(29)24-21)11-18(27)26(14-4-2-3-5-14)15-8-9-32(30,31)12-15/h6-7,10,14-15H,2-5,8-9,11-12H2,1H3,(H,24,29)/t15-,21+/m0/s1. The predicted octanol–water partition coefficient (Wildman–Crippen LogP) is 1.69. The number of benzene rings is 1. The molecule has 1 aromatic carbocycles. The number of hydrogen-bond donors (Lipinski definition) is 1. The first kappa shape index (κ1) is 22.6. The summed E-state index contributed by atoms with van der Waals surface area (Å²) in [6, 6.07) is 1.08. The molecule has 3 fully saturated rings. The van der Waals surface area contributed by atoms with Gasteiger partial charge in [0.2, 0.25) is 5.91 Å². The predicted molar refractivity (Wildman–Crippen MR) is 110 cm³/mol. The van der Waals surface area contributed by atoms with Crippen LogP contribution >= 0.6 is 0 Å². The minimum atomic E-state index is -3.25. The maximum absolute atomic E-state index is 14.3. The quantitative estimate of drug-likeness (QED) is 0.661. The summed E-state index contributed by atoms with van der Waals surface area (Å²) >= 11 is 0. The Labute approximate surface area is 184 Å². The second kappa shape index (κ2) is 8.09. The van der Waals surface area contributed by atoms with E-state index >= 15 is 0 Å². The highest BCUT2D eigenvalue weighted by Gasteiger charge is 2.51. The zero-order valence-corrected chi connectivity index (χ0v) is 18.5. The van der Waals surface area contributed by atoms with Crippen molar-refractivity contribution < 1.29 is 31.6 Å². The van der Waals surface area contributed by atoms with Crippen LogP contribution in [-0.4, -0.2) is 66.2 Å². The number of nitrogens with zero attached hydrogens (tertiary/aromatic N) is 2. The van der Waals surface area contributed by atoms with E-state index in [0.717, 1.165) is 43.9 Å². The van der Waals surface area contributed by atoms with Crippen LogP contribution in [0.4, 0.5) is 13.6 Å². The topological polar surface area (TPSA) is 104 Å². The molecule has 0 radical (unpaired) electrons. The van der Waals surface area contributed by atoms with Crippen molar-refractivity contribution >= 4 is 27.7 Å². The molecule has 8 nitrogen and oxygen atoms in total. The molecule has 0 spiro atoms. The van der Waals surface area contributed by atoms with Gasteiger partial charge in [0.25, 0.3) is 5.91 Å². The summed E-state index contributed by atoms with van der Waals surface area (Å²) in [4.78, 5) is 41.2. The maximum Gasteiger partial charge on any atom is 0.325 e. The van der Waals surface area contributed by atoms with Crippen molar-refractivity contribution in [2.45, 2.75) is 56.7 Å². The lowest BCUT2D eigenvalue weighted by atomic mass is 9.91. The van der Waals surface area contributed by atoms with Crippen LogP contribution in [0.25, 0.3) is 0 Å². The van der Waals surface area contributed by atoms with E-state index in [1.54, 1.807) is 0 Å². The van der Waals surface area contributed by atoms with Crippen molar-refractivity contribution in [2.24, 2.45) is 0 Å². The van der Waals surface area contributed by atoms with Gasteiger partial charge >= 0.3 is 6.03 Å². The van der Waals surface area contributed by atoms with Gasteiger partial charge in [0.1, 0.15) is 23.7 Å². The van der Waals surface area contributed by atoms with E-state index in [1.807, 2.05) is 0 Å². The van der Waals surface area contributed by atoms with Crippen molar-refractivity contribution in [1.29, 1.82) is 0 Å². The lowest BCUT2D eigenvalue weighted by Crippen LogP contribution is -2.52. The number of carbonyl (C=O) groups excluding carboxylic acids is 3. The third-order valence-corrected chi connectivity index (χ3v) is 8.39. The van der Waals surface area contributed by atoms with Crippen LogP contribution < -0.4 is 5.32 Å². The number of carbonyl (C=O) groups is 3. The number of hydrogen-bond acceptors (Lipinski definition) is 5. The third-order valence-electron chi connectivity index (χ3n) is 6.64. The summed E-state index contributed by atoms with van der Waals surface area (Å²) in [6.45, 7) is 0.665. The van der Waals surface area contributed by atoms with Crippen LogP contribution in [0.15, 0.2) is 18.2 Å². The van der Waals surface area contributed by atoms with Crippen molar-refractivity contribution in [3.8, 4) is 0 Å². The molecule has 4 amide bonds. The van der Waals surface area contributed by atoms with E-state index in [1.165, 1.54) is 11.8 Å². The second-order valence-electron chi connectivity index (χ2n) is 8.87. The van der Waals surface area contributed by atoms with Gasteiger partial charge in [-0.25, -0.2) is 22.0 Å². The lowest BCUT2D eigenvalue weighted by Gasteiger charge is -2.35. The molecule has 2 atom stereocenters. The maximum atomic E-state index is 14.3. The molecule has 11 heteroatoms. The highest BCUT2D eigenvalue weighted by Crippen LogP contribution is 2.33.